The molecule has 0 radical (unpaired) electrons. The maximum atomic E-state index is 13.9. The summed E-state index contributed by atoms with van der Waals surface area (Å²) in [6.07, 6.45) is 1.51. The van der Waals surface area contributed by atoms with Gasteiger partial charge in [0.05, 0.1) is 31.0 Å². The van der Waals surface area contributed by atoms with Crippen LogP contribution >= 0.6 is 0 Å². The molecule has 3 aromatic carbocycles. The molecular formula is C24H20N2O5S. The van der Waals surface area contributed by atoms with Crippen LogP contribution in [-0.4, -0.2) is 33.5 Å². The number of carbonyl (C=O) groups excluding carboxylic acids is 1. The monoisotopic (exact) mass is 448 g/mol. The normalized spacial score (nSPS) is 11.2. The molecule has 32 heavy (non-hydrogen) atoms. The summed E-state index contributed by atoms with van der Waals surface area (Å²) in [5.74, 6) is 0.0467. The number of nitrogens with zero attached hydrogens (tertiary/aromatic N) is 2. The molecule has 0 atom stereocenters. The molecule has 0 aliphatic rings. The summed E-state index contributed by atoms with van der Waals surface area (Å²) in [6.45, 7) is 0. The standard InChI is InChI=1S/C24H20N2O5S/c1-30-19-14-12-18(13-15-19)26(24(27)20-9-3-4-10-21(20)31-2)32(28,29)22-11-5-7-17-8-6-16-25-23(17)22/h3-16H,1-2H3. The number of ether oxygens (including phenoxy) is 2. The summed E-state index contributed by atoms with van der Waals surface area (Å²) in [5.41, 5.74) is 0.554. The molecular weight excluding hydrogens is 428 g/mol. The Kier molecular flexibility index (Phi) is 5.79. The number of para-hydroxylation sites is 2. The van der Waals surface area contributed by atoms with Crippen LogP contribution in [0.3, 0.4) is 0 Å². The number of rotatable bonds is 6. The molecule has 0 N–H and O–H groups in total. The minimum Gasteiger partial charge on any atom is -0.497 e. The molecule has 0 saturated carbocycles. The van der Waals surface area contributed by atoms with Crippen LogP contribution in [0.4, 0.5) is 5.69 Å². The topological polar surface area (TPSA) is 85.8 Å². The van der Waals surface area contributed by atoms with Gasteiger partial charge in [-0.05, 0) is 48.5 Å². The van der Waals surface area contributed by atoms with Crippen molar-refractivity contribution < 1.29 is 22.7 Å². The van der Waals surface area contributed by atoms with E-state index >= 15 is 0 Å². The van der Waals surface area contributed by atoms with Gasteiger partial charge in [0.25, 0.3) is 15.9 Å². The Bertz CT molecular complexity index is 1380. The van der Waals surface area contributed by atoms with E-state index in [1.807, 2.05) is 0 Å². The summed E-state index contributed by atoms with van der Waals surface area (Å²) in [4.78, 5) is 17.8. The second-order valence-corrected chi connectivity index (χ2v) is 8.56. The predicted octanol–water partition coefficient (Wildman–Crippen LogP) is 4.29. The van der Waals surface area contributed by atoms with Crippen LogP contribution in [0.1, 0.15) is 10.4 Å². The zero-order valence-corrected chi connectivity index (χ0v) is 18.2. The molecule has 7 nitrogen and oxygen atoms in total. The van der Waals surface area contributed by atoms with Gasteiger partial charge in [0.1, 0.15) is 16.4 Å². The Morgan fingerprint density at radius 1 is 0.844 bits per heavy atom. The lowest BCUT2D eigenvalue weighted by Crippen LogP contribution is -2.37. The van der Waals surface area contributed by atoms with Crippen LogP contribution in [0.15, 0.2) is 90.0 Å². The highest BCUT2D eigenvalue weighted by Crippen LogP contribution is 2.32. The van der Waals surface area contributed by atoms with Crippen molar-refractivity contribution in [2.75, 3.05) is 18.5 Å². The fourth-order valence-electron chi connectivity index (χ4n) is 3.40. The van der Waals surface area contributed by atoms with E-state index in [1.54, 1.807) is 54.6 Å². The van der Waals surface area contributed by atoms with E-state index in [0.29, 0.717) is 11.1 Å². The van der Waals surface area contributed by atoms with Crippen LogP contribution in [-0.2, 0) is 10.0 Å². The van der Waals surface area contributed by atoms with Crippen molar-refractivity contribution >= 4 is 32.5 Å². The Balaban J connectivity index is 1.95. The second-order valence-electron chi connectivity index (χ2n) is 6.80. The van der Waals surface area contributed by atoms with Gasteiger partial charge >= 0.3 is 0 Å². The minimum absolute atomic E-state index is 0.0744. The Hall–Kier alpha value is -3.91. The van der Waals surface area contributed by atoms with Crippen molar-refractivity contribution in [2.24, 2.45) is 0 Å². The molecule has 0 spiro atoms. The molecule has 0 aliphatic carbocycles. The van der Waals surface area contributed by atoms with Gasteiger partial charge in [-0.2, -0.15) is 4.31 Å². The highest BCUT2D eigenvalue weighted by atomic mass is 32.2. The van der Waals surface area contributed by atoms with Crippen LogP contribution < -0.4 is 13.8 Å². The molecule has 0 aliphatic heterocycles. The highest BCUT2D eigenvalue weighted by molar-refractivity contribution is 7.93. The Labute approximate surface area is 185 Å². The number of methoxy groups -OCH3 is 2. The van der Waals surface area contributed by atoms with Crippen molar-refractivity contribution in [1.29, 1.82) is 0 Å². The van der Waals surface area contributed by atoms with Gasteiger partial charge in [-0.15, -0.1) is 0 Å². The van der Waals surface area contributed by atoms with Crippen LogP contribution in [0.25, 0.3) is 10.9 Å². The number of benzene rings is 3. The first-order valence-corrected chi connectivity index (χ1v) is 11.1. The largest absolute Gasteiger partial charge is 0.497 e. The molecule has 0 saturated heterocycles. The number of hydrogen-bond acceptors (Lipinski definition) is 6. The number of carbonyl (C=O) groups is 1. The molecule has 8 heteroatoms. The fourth-order valence-corrected chi connectivity index (χ4v) is 4.97. The van der Waals surface area contributed by atoms with E-state index in [9.17, 15) is 13.2 Å². The molecule has 4 aromatic rings. The van der Waals surface area contributed by atoms with Gasteiger partial charge in [0, 0.05) is 11.6 Å². The third-order valence-corrected chi connectivity index (χ3v) is 6.69. The summed E-state index contributed by atoms with van der Waals surface area (Å²) in [5, 5.41) is 0.646. The van der Waals surface area contributed by atoms with Gasteiger partial charge in [0.15, 0.2) is 0 Å². The molecule has 0 unspecified atom stereocenters. The van der Waals surface area contributed by atoms with Crippen LogP contribution in [0, 0.1) is 0 Å². The van der Waals surface area contributed by atoms with Crippen molar-refractivity contribution in [3.05, 3.63) is 90.6 Å². The zero-order valence-electron chi connectivity index (χ0n) is 17.4. The van der Waals surface area contributed by atoms with Crippen molar-refractivity contribution in [2.45, 2.75) is 4.90 Å². The predicted molar refractivity (Wildman–Crippen MR) is 122 cm³/mol. The van der Waals surface area contributed by atoms with Crippen LogP contribution in [0.5, 0.6) is 11.5 Å². The maximum absolute atomic E-state index is 13.9. The Morgan fingerprint density at radius 3 is 2.28 bits per heavy atom. The average molecular weight is 449 g/mol. The number of hydrogen-bond donors (Lipinski definition) is 0. The van der Waals surface area contributed by atoms with E-state index in [1.165, 1.54) is 44.7 Å². The lowest BCUT2D eigenvalue weighted by molar-refractivity contribution is 0.100. The lowest BCUT2D eigenvalue weighted by atomic mass is 10.2. The van der Waals surface area contributed by atoms with Crippen molar-refractivity contribution in [1.82, 2.24) is 4.98 Å². The van der Waals surface area contributed by atoms with Crippen molar-refractivity contribution in [3.63, 3.8) is 0 Å². The van der Waals surface area contributed by atoms with E-state index in [4.69, 9.17) is 9.47 Å². The summed E-state index contributed by atoms with van der Waals surface area (Å²) in [6, 6.07) is 21.0. The first-order chi connectivity index (χ1) is 15.5. The van der Waals surface area contributed by atoms with E-state index in [-0.39, 0.29) is 27.4 Å². The number of sulfonamides is 1. The fraction of sp³-hybridized carbons (Fsp3) is 0.0833. The first kappa shape index (κ1) is 21.3. The second kappa shape index (κ2) is 8.68. The van der Waals surface area contributed by atoms with E-state index in [0.717, 1.165) is 4.31 Å². The van der Waals surface area contributed by atoms with Gasteiger partial charge < -0.3 is 9.47 Å². The molecule has 1 heterocycles. The number of anilines is 1. The maximum Gasteiger partial charge on any atom is 0.276 e. The minimum atomic E-state index is -4.35. The number of pyridine rings is 1. The first-order valence-electron chi connectivity index (χ1n) is 9.68. The summed E-state index contributed by atoms with van der Waals surface area (Å²) in [7, 11) is -1.42. The highest BCUT2D eigenvalue weighted by Gasteiger charge is 2.34. The molecule has 1 amide bonds. The summed E-state index contributed by atoms with van der Waals surface area (Å²) < 4.78 is 39.1. The zero-order chi connectivity index (χ0) is 22.7. The molecule has 162 valence electrons. The van der Waals surface area contributed by atoms with Gasteiger partial charge in [-0.3, -0.25) is 9.78 Å². The van der Waals surface area contributed by atoms with E-state index in [2.05, 4.69) is 4.98 Å². The number of fused-ring (bicyclic) bond motifs is 1. The van der Waals surface area contributed by atoms with E-state index < -0.39 is 15.9 Å². The van der Waals surface area contributed by atoms with Gasteiger partial charge in [-0.1, -0.05) is 30.3 Å². The third-order valence-electron chi connectivity index (χ3n) is 4.94. The SMILES string of the molecule is COc1ccc(N(C(=O)c2ccccc2OC)S(=O)(=O)c2cccc3cccnc23)cc1. The molecule has 4 rings (SSSR count). The smallest absolute Gasteiger partial charge is 0.276 e. The number of aromatic nitrogens is 1. The van der Waals surface area contributed by atoms with Crippen LogP contribution in [0.2, 0.25) is 0 Å². The number of amides is 1. The van der Waals surface area contributed by atoms with Gasteiger partial charge in [0.2, 0.25) is 0 Å². The molecule has 0 bridgehead atoms. The molecule has 0 fully saturated rings. The molecule has 1 aromatic heterocycles. The Morgan fingerprint density at radius 2 is 1.56 bits per heavy atom. The quantitative estimate of drug-likeness (QED) is 0.437. The van der Waals surface area contributed by atoms with Gasteiger partial charge in [-0.25, -0.2) is 8.42 Å². The third kappa shape index (κ3) is 3.76. The van der Waals surface area contributed by atoms with Crippen molar-refractivity contribution in [3.8, 4) is 11.5 Å². The lowest BCUT2D eigenvalue weighted by Gasteiger charge is -2.24. The average Bonchev–Trinajstić information content (AvgIpc) is 2.84. The summed E-state index contributed by atoms with van der Waals surface area (Å²) >= 11 is 0.